The van der Waals surface area contributed by atoms with Gasteiger partial charge in [-0.05, 0) is 90.1 Å². The molecular formula is C49H59N2O2+. The van der Waals surface area contributed by atoms with Crippen LogP contribution < -0.4 is 4.90 Å². The Kier molecular flexibility index (Phi) is 11.3. The van der Waals surface area contributed by atoms with Crippen LogP contribution >= 0.6 is 0 Å². The smallest absolute Gasteiger partial charge is 0.338 e. The van der Waals surface area contributed by atoms with Crippen molar-refractivity contribution < 1.29 is 14.1 Å². The average Bonchev–Trinajstić information content (AvgIpc) is 3.50. The molecule has 2 aliphatic heterocycles. The molecule has 4 aromatic carbocycles. The highest BCUT2D eigenvalue weighted by Gasteiger charge is 2.44. The second-order valence-electron chi connectivity index (χ2n) is 16.3. The first-order valence-corrected chi connectivity index (χ1v) is 19.7. The third kappa shape index (κ3) is 7.30. The first kappa shape index (κ1) is 38.0. The molecule has 0 aliphatic carbocycles. The van der Waals surface area contributed by atoms with Crippen molar-refractivity contribution in [1.82, 2.24) is 0 Å². The van der Waals surface area contributed by atoms with E-state index in [9.17, 15) is 4.79 Å². The number of allylic oxidation sites excluding steroid dienone is 6. The highest BCUT2D eigenvalue weighted by molar-refractivity contribution is 6.08. The zero-order valence-electron chi connectivity index (χ0n) is 33.6. The molecule has 0 aromatic heterocycles. The summed E-state index contributed by atoms with van der Waals surface area (Å²) in [7, 11) is 3.59. The summed E-state index contributed by atoms with van der Waals surface area (Å²) in [4.78, 5) is 15.8. The van der Waals surface area contributed by atoms with Crippen molar-refractivity contribution >= 4 is 44.6 Å². The Morgan fingerprint density at radius 1 is 0.830 bits per heavy atom. The lowest BCUT2D eigenvalue weighted by Crippen LogP contribution is -2.27. The van der Waals surface area contributed by atoms with Crippen LogP contribution in [0, 0.1) is 5.92 Å². The largest absolute Gasteiger partial charge is 0.465 e. The van der Waals surface area contributed by atoms with Crippen molar-refractivity contribution in [3.05, 3.63) is 131 Å². The minimum absolute atomic E-state index is 0.208. The number of ether oxygens (including phenoxy) is 1. The van der Waals surface area contributed by atoms with Gasteiger partial charge in [-0.2, -0.15) is 4.58 Å². The number of rotatable bonds is 13. The van der Waals surface area contributed by atoms with Crippen LogP contribution in [0.5, 0.6) is 0 Å². The number of nitrogens with zero attached hydrogens (tertiary/aromatic N) is 2. The summed E-state index contributed by atoms with van der Waals surface area (Å²) < 4.78 is 7.61. The van der Waals surface area contributed by atoms with Crippen LogP contribution in [-0.4, -0.2) is 37.0 Å². The van der Waals surface area contributed by atoms with Gasteiger partial charge in [0.25, 0.3) is 0 Å². The predicted octanol–water partition coefficient (Wildman–Crippen LogP) is 12.3. The molecule has 4 heteroatoms. The van der Waals surface area contributed by atoms with E-state index >= 15 is 0 Å². The maximum absolute atomic E-state index is 13.3. The number of esters is 1. The number of anilines is 1. The van der Waals surface area contributed by atoms with Crippen molar-refractivity contribution in [2.45, 2.75) is 97.8 Å². The van der Waals surface area contributed by atoms with Gasteiger partial charge in [0.05, 0.1) is 18.1 Å². The van der Waals surface area contributed by atoms with Crippen LogP contribution in [0.25, 0.3) is 21.5 Å². The molecule has 2 heterocycles. The average molecular weight is 708 g/mol. The van der Waals surface area contributed by atoms with Gasteiger partial charge in [-0.25, -0.2) is 4.79 Å². The second kappa shape index (κ2) is 15.7. The van der Waals surface area contributed by atoms with Crippen molar-refractivity contribution in [2.75, 3.05) is 25.6 Å². The van der Waals surface area contributed by atoms with Crippen LogP contribution in [-0.2, 0) is 20.4 Å². The maximum atomic E-state index is 13.3. The number of methoxy groups -OCH3 is 1. The molecule has 0 amide bonds. The van der Waals surface area contributed by atoms with Gasteiger partial charge in [-0.15, -0.1) is 0 Å². The van der Waals surface area contributed by atoms with E-state index in [1.807, 2.05) is 19.1 Å². The number of carbonyl (C=O) groups is 1. The number of hydrogen-bond acceptors (Lipinski definition) is 3. The van der Waals surface area contributed by atoms with Crippen LogP contribution in [0.15, 0.2) is 120 Å². The van der Waals surface area contributed by atoms with Gasteiger partial charge in [-0.1, -0.05) is 127 Å². The molecule has 0 fully saturated rings. The van der Waals surface area contributed by atoms with Crippen molar-refractivity contribution in [3.8, 4) is 0 Å². The van der Waals surface area contributed by atoms with Gasteiger partial charge < -0.3 is 9.64 Å². The Morgan fingerprint density at radius 2 is 1.47 bits per heavy atom. The topological polar surface area (TPSA) is 32.5 Å². The third-order valence-electron chi connectivity index (χ3n) is 12.0. The van der Waals surface area contributed by atoms with Gasteiger partial charge in [-0.3, -0.25) is 0 Å². The fourth-order valence-corrected chi connectivity index (χ4v) is 8.79. The van der Waals surface area contributed by atoms with E-state index in [4.69, 9.17) is 4.74 Å². The molecule has 4 aromatic rings. The molecule has 0 spiro atoms. The van der Waals surface area contributed by atoms with E-state index < -0.39 is 0 Å². The monoisotopic (exact) mass is 707 g/mol. The van der Waals surface area contributed by atoms with Gasteiger partial charge in [0.1, 0.15) is 7.05 Å². The number of carbonyl (C=O) groups excluding carboxylic acids is 1. The van der Waals surface area contributed by atoms with Gasteiger partial charge >= 0.3 is 5.97 Å². The molecule has 4 nitrogen and oxygen atoms in total. The summed E-state index contributed by atoms with van der Waals surface area (Å²) in [5.74, 6) is 0.473. The van der Waals surface area contributed by atoms with Gasteiger partial charge in [0, 0.05) is 41.1 Å². The fraction of sp³-hybridized carbons (Fsp3) is 0.388. The summed E-state index contributed by atoms with van der Waals surface area (Å²) >= 11 is 0. The van der Waals surface area contributed by atoms with Gasteiger partial charge in [0.15, 0.2) is 5.71 Å². The molecule has 276 valence electrons. The van der Waals surface area contributed by atoms with E-state index in [0.717, 1.165) is 24.5 Å². The molecule has 1 unspecified atom stereocenters. The summed E-state index contributed by atoms with van der Waals surface area (Å²) in [6.45, 7) is 16.9. The highest BCUT2D eigenvalue weighted by Crippen LogP contribution is 2.51. The molecule has 53 heavy (non-hydrogen) atoms. The molecule has 6 rings (SSSR count). The van der Waals surface area contributed by atoms with Crippen LogP contribution in [0.1, 0.15) is 98.1 Å². The van der Waals surface area contributed by atoms with E-state index in [0.29, 0.717) is 5.57 Å². The minimum atomic E-state index is -0.339. The molecule has 2 aliphatic rings. The number of unbranched alkanes of at least 4 members (excludes halogenated alkanes) is 3. The standard InChI is InChI=1S/C49H59N2O2/c1-10-34(2)20-13-11-12-18-33-51-42-31-29-37-22-15-17-24-40(37)46(42)49(6,7)44(51)32-27-35(3)38(47(52)53-9)25-19-26-43-48(4,5)45-39-23-16-14-21-36(39)28-30-41(45)50(43)8/h14-17,19,21-32,34H,10-13,18,20,33H2,1-9H3/q+1. The summed E-state index contributed by atoms with van der Waals surface area (Å²) in [5, 5.41) is 5.11. The van der Waals surface area contributed by atoms with Crippen molar-refractivity contribution in [2.24, 2.45) is 5.92 Å². The number of hydrogen-bond donors (Lipinski definition) is 0. The van der Waals surface area contributed by atoms with Crippen molar-refractivity contribution in [3.63, 3.8) is 0 Å². The van der Waals surface area contributed by atoms with Gasteiger partial charge in [0.2, 0.25) is 5.69 Å². The molecule has 0 saturated heterocycles. The summed E-state index contributed by atoms with van der Waals surface area (Å²) in [6, 6.07) is 26.4. The van der Waals surface area contributed by atoms with E-state index in [-0.39, 0.29) is 16.8 Å². The maximum Gasteiger partial charge on any atom is 0.338 e. The zero-order valence-corrected chi connectivity index (χ0v) is 33.6. The minimum Gasteiger partial charge on any atom is -0.465 e. The molecule has 0 saturated carbocycles. The molecular weight excluding hydrogens is 649 g/mol. The molecule has 0 bridgehead atoms. The fourth-order valence-electron chi connectivity index (χ4n) is 8.79. The third-order valence-corrected chi connectivity index (χ3v) is 12.0. The second-order valence-corrected chi connectivity index (χ2v) is 16.3. The number of fused-ring (bicyclic) bond motifs is 6. The molecule has 0 radical (unpaired) electrons. The Hall–Kier alpha value is -4.70. The summed E-state index contributed by atoms with van der Waals surface area (Å²) in [6.07, 6.45) is 18.0. The Morgan fingerprint density at radius 3 is 2.15 bits per heavy atom. The lowest BCUT2D eigenvalue weighted by atomic mass is 9.79. The Labute approximate surface area is 318 Å². The van der Waals surface area contributed by atoms with Crippen molar-refractivity contribution in [1.29, 1.82) is 0 Å². The lowest BCUT2D eigenvalue weighted by Gasteiger charge is -2.27. The normalized spacial score (nSPS) is 18.1. The first-order chi connectivity index (χ1) is 25.4. The SMILES string of the molecule is CCC(C)CCCCCCN1/C(=C/C=C(C)/C(=C/C=C/C2=[N+](C)c3ccc4ccccc4c3C2(C)C)C(=O)OC)C(C)(C)c2c1ccc1ccccc21. The van der Waals surface area contributed by atoms with Crippen LogP contribution in [0.3, 0.4) is 0 Å². The molecule has 1 atom stereocenters. The summed E-state index contributed by atoms with van der Waals surface area (Å²) in [5.41, 5.74) is 8.67. The Balaban J connectivity index is 1.31. The van der Waals surface area contributed by atoms with E-state index in [2.05, 4.69) is 149 Å². The van der Waals surface area contributed by atoms with Crippen LogP contribution in [0.2, 0.25) is 0 Å². The zero-order chi connectivity index (χ0) is 37.9. The van der Waals surface area contributed by atoms with E-state index in [1.54, 1.807) is 0 Å². The predicted molar refractivity (Wildman–Crippen MR) is 226 cm³/mol. The number of benzene rings is 4. The first-order valence-electron chi connectivity index (χ1n) is 19.7. The lowest BCUT2D eigenvalue weighted by molar-refractivity contribution is -0.401. The quantitative estimate of drug-likeness (QED) is 0.0456. The van der Waals surface area contributed by atoms with E-state index in [1.165, 1.54) is 94.7 Å². The van der Waals surface area contributed by atoms with Crippen LogP contribution in [0.4, 0.5) is 11.4 Å². The Bertz CT molecular complexity index is 2170. The highest BCUT2D eigenvalue weighted by atomic mass is 16.5. The molecule has 0 N–H and O–H groups in total.